The molecule has 0 aliphatic carbocycles. The maximum atomic E-state index is 12.3. The summed E-state index contributed by atoms with van der Waals surface area (Å²) < 4.78 is 26.9. The molecule has 346 valence electrons. The fourth-order valence-corrected chi connectivity index (χ4v) is 7.53. The molecule has 12 heteroatoms. The molecule has 0 radical (unpaired) electrons. The number of carboxylic acids is 1. The van der Waals surface area contributed by atoms with E-state index in [0.29, 0.717) is 12.8 Å². The molecular weight excluding hydrogens is 769 g/mol. The highest BCUT2D eigenvalue weighted by molar-refractivity contribution is 7.47. The molecule has 3 atom stereocenters. The van der Waals surface area contributed by atoms with Crippen LogP contribution in [0.5, 0.6) is 0 Å². The third-order valence-electron chi connectivity index (χ3n) is 10.5. The lowest BCUT2D eigenvalue weighted by Crippen LogP contribution is -2.43. The number of hydrogen-bond acceptors (Lipinski definition) is 8. The average Bonchev–Trinajstić information content (AvgIpc) is 3.21. The zero-order valence-electron chi connectivity index (χ0n) is 37.6. The molecule has 0 spiro atoms. The molecule has 0 fully saturated rings. The van der Waals surface area contributed by atoms with Gasteiger partial charge in [0.25, 0.3) is 0 Å². The first kappa shape index (κ1) is 57.0. The number of rotatable bonds is 45. The SMILES string of the molecule is CCCCC/C=C\C/C=C\CCCCCCCCCCCC(=O)OCC(O)COP(=O)(O)OCC(NC(=O)CCCCCCCCCCCCCCCCCC)C(=O)O. The predicted octanol–water partition coefficient (Wildman–Crippen LogP) is 12.6. The molecule has 0 aromatic heterocycles. The van der Waals surface area contributed by atoms with Gasteiger partial charge >= 0.3 is 19.8 Å². The van der Waals surface area contributed by atoms with Crippen molar-refractivity contribution in [2.45, 2.75) is 238 Å². The first-order chi connectivity index (χ1) is 28.6. The van der Waals surface area contributed by atoms with Gasteiger partial charge in [-0.3, -0.25) is 18.6 Å². The van der Waals surface area contributed by atoms with Gasteiger partial charge in [-0.25, -0.2) is 9.36 Å². The molecule has 0 aliphatic rings. The Bertz CT molecular complexity index is 1100. The summed E-state index contributed by atoms with van der Waals surface area (Å²) in [7, 11) is -4.76. The van der Waals surface area contributed by atoms with Crippen LogP contribution >= 0.6 is 7.82 Å². The quantitative estimate of drug-likeness (QED) is 0.0200. The van der Waals surface area contributed by atoms with Crippen LogP contribution in [0.2, 0.25) is 0 Å². The van der Waals surface area contributed by atoms with Gasteiger partial charge in [0.2, 0.25) is 5.91 Å². The van der Waals surface area contributed by atoms with Crippen LogP contribution in [0, 0.1) is 0 Å². The smallest absolute Gasteiger partial charge is 0.472 e. The summed E-state index contributed by atoms with van der Waals surface area (Å²) >= 11 is 0. The number of allylic oxidation sites excluding steroid dienone is 4. The summed E-state index contributed by atoms with van der Waals surface area (Å²) in [4.78, 5) is 46.0. The van der Waals surface area contributed by atoms with Gasteiger partial charge in [0.1, 0.15) is 12.7 Å². The second-order valence-electron chi connectivity index (χ2n) is 16.3. The number of carbonyl (C=O) groups excluding carboxylic acids is 2. The van der Waals surface area contributed by atoms with Gasteiger partial charge in [0.15, 0.2) is 6.04 Å². The van der Waals surface area contributed by atoms with Crippen LogP contribution in [0.1, 0.15) is 226 Å². The number of amides is 1. The lowest BCUT2D eigenvalue weighted by atomic mass is 10.0. The van der Waals surface area contributed by atoms with Crippen molar-refractivity contribution in [3.05, 3.63) is 24.3 Å². The van der Waals surface area contributed by atoms with Gasteiger partial charge in [-0.05, 0) is 44.9 Å². The van der Waals surface area contributed by atoms with Crippen LogP contribution in [0.4, 0.5) is 0 Å². The van der Waals surface area contributed by atoms with Crippen molar-refractivity contribution >= 4 is 25.7 Å². The minimum absolute atomic E-state index is 0.150. The number of esters is 1. The molecule has 1 amide bonds. The Morgan fingerprint density at radius 2 is 0.932 bits per heavy atom. The van der Waals surface area contributed by atoms with E-state index >= 15 is 0 Å². The van der Waals surface area contributed by atoms with Crippen molar-refractivity contribution in [3.63, 3.8) is 0 Å². The molecule has 4 N–H and O–H groups in total. The van der Waals surface area contributed by atoms with Crippen LogP contribution in [0.3, 0.4) is 0 Å². The molecular formula is C47H88NO10P. The highest BCUT2D eigenvalue weighted by Gasteiger charge is 2.28. The van der Waals surface area contributed by atoms with Crippen LogP contribution in [-0.2, 0) is 32.7 Å². The molecule has 11 nitrogen and oxygen atoms in total. The standard InChI is InChI=1S/C47H88NO10P/c1-3-5-7-9-11-13-15-17-19-21-22-23-25-27-29-31-33-35-37-39-46(51)56-40-43(49)41-57-59(54,55)58-42-44(47(52)53)48-45(50)38-36-34-32-30-28-26-24-20-18-16-14-12-10-8-6-4-2/h11,13,17,19,43-44,49H,3-10,12,14-16,18,20-42H2,1-2H3,(H,48,50)(H,52,53)(H,54,55)/b13-11-,19-17-. The molecule has 0 aromatic rings. The summed E-state index contributed by atoms with van der Waals surface area (Å²) in [6.07, 6.45) is 44.8. The highest BCUT2D eigenvalue weighted by Crippen LogP contribution is 2.43. The molecule has 0 rings (SSSR count). The number of nitrogens with one attached hydrogen (secondary N) is 1. The predicted molar refractivity (Wildman–Crippen MR) is 240 cm³/mol. The number of aliphatic carboxylic acids is 1. The highest BCUT2D eigenvalue weighted by atomic mass is 31.2. The minimum Gasteiger partial charge on any atom is -0.480 e. The Labute approximate surface area is 359 Å². The Kier molecular flexibility index (Phi) is 41.2. The van der Waals surface area contributed by atoms with Crippen LogP contribution in [0.15, 0.2) is 24.3 Å². The van der Waals surface area contributed by atoms with E-state index in [-0.39, 0.29) is 12.8 Å². The third kappa shape index (κ3) is 42.4. The van der Waals surface area contributed by atoms with Crippen LogP contribution < -0.4 is 5.32 Å². The number of ether oxygens (including phenoxy) is 1. The normalized spacial score (nSPS) is 13.8. The maximum absolute atomic E-state index is 12.3. The third-order valence-corrected chi connectivity index (χ3v) is 11.4. The first-order valence-corrected chi connectivity index (χ1v) is 25.4. The van der Waals surface area contributed by atoms with Gasteiger partial charge < -0.3 is 25.2 Å². The number of carbonyl (C=O) groups is 3. The zero-order valence-corrected chi connectivity index (χ0v) is 38.5. The second-order valence-corrected chi connectivity index (χ2v) is 17.8. The van der Waals surface area contributed by atoms with Gasteiger partial charge in [-0.15, -0.1) is 0 Å². The molecule has 0 saturated carbocycles. The topological polar surface area (TPSA) is 169 Å². The number of carboxylic acid groups (broad SMARTS) is 1. The van der Waals surface area contributed by atoms with E-state index in [1.807, 2.05) is 0 Å². The van der Waals surface area contributed by atoms with Crippen molar-refractivity contribution in [1.82, 2.24) is 5.32 Å². The lowest BCUT2D eigenvalue weighted by Gasteiger charge is -2.18. The molecule has 0 aromatic carbocycles. The Hall–Kier alpha value is -2.04. The molecule has 0 aliphatic heterocycles. The Morgan fingerprint density at radius 3 is 1.41 bits per heavy atom. The largest absolute Gasteiger partial charge is 0.480 e. The molecule has 59 heavy (non-hydrogen) atoms. The Balaban J connectivity index is 3.84. The summed E-state index contributed by atoms with van der Waals surface area (Å²) in [6.45, 7) is 2.59. The van der Waals surface area contributed by atoms with E-state index in [0.717, 1.165) is 51.4 Å². The minimum atomic E-state index is -4.76. The van der Waals surface area contributed by atoms with Crippen LogP contribution in [0.25, 0.3) is 0 Å². The van der Waals surface area contributed by atoms with E-state index in [1.165, 1.54) is 135 Å². The number of phosphoric acid groups is 1. The molecule has 0 bridgehead atoms. The van der Waals surface area contributed by atoms with Crippen molar-refractivity contribution in [1.29, 1.82) is 0 Å². The average molecular weight is 858 g/mol. The van der Waals surface area contributed by atoms with E-state index in [2.05, 4.69) is 43.5 Å². The van der Waals surface area contributed by atoms with Gasteiger partial charge in [-0.1, -0.05) is 192 Å². The van der Waals surface area contributed by atoms with E-state index < -0.39 is 57.6 Å². The van der Waals surface area contributed by atoms with Gasteiger partial charge in [0.05, 0.1) is 13.2 Å². The Morgan fingerprint density at radius 1 is 0.542 bits per heavy atom. The molecule has 0 heterocycles. The number of aliphatic hydroxyl groups excluding tert-OH is 1. The van der Waals surface area contributed by atoms with E-state index in [9.17, 15) is 34.1 Å². The van der Waals surface area contributed by atoms with Gasteiger partial charge in [0, 0.05) is 12.8 Å². The second kappa shape index (κ2) is 42.6. The zero-order chi connectivity index (χ0) is 43.5. The molecule has 0 saturated heterocycles. The molecule has 3 unspecified atom stereocenters. The summed E-state index contributed by atoms with van der Waals surface area (Å²) in [6, 6.07) is -1.54. The van der Waals surface area contributed by atoms with Crippen molar-refractivity contribution < 1.29 is 47.8 Å². The summed E-state index contributed by atoms with van der Waals surface area (Å²) in [5.74, 6) is -2.36. The fourth-order valence-electron chi connectivity index (χ4n) is 6.76. The van der Waals surface area contributed by atoms with Crippen LogP contribution in [-0.4, -0.2) is 64.9 Å². The van der Waals surface area contributed by atoms with Crippen molar-refractivity contribution in [2.24, 2.45) is 0 Å². The van der Waals surface area contributed by atoms with E-state index in [1.54, 1.807) is 0 Å². The first-order valence-electron chi connectivity index (χ1n) is 23.9. The maximum Gasteiger partial charge on any atom is 0.472 e. The van der Waals surface area contributed by atoms with Crippen molar-refractivity contribution in [2.75, 3.05) is 19.8 Å². The van der Waals surface area contributed by atoms with E-state index in [4.69, 9.17) is 13.8 Å². The lowest BCUT2D eigenvalue weighted by molar-refractivity contribution is -0.147. The summed E-state index contributed by atoms with van der Waals surface area (Å²) in [5.41, 5.74) is 0. The number of phosphoric ester groups is 1. The summed E-state index contributed by atoms with van der Waals surface area (Å²) in [5, 5.41) is 21.9. The number of hydrogen-bond donors (Lipinski definition) is 4. The number of aliphatic hydroxyl groups is 1. The fraction of sp³-hybridized carbons (Fsp3) is 0.851. The van der Waals surface area contributed by atoms with Gasteiger partial charge in [-0.2, -0.15) is 0 Å². The monoisotopic (exact) mass is 858 g/mol. The number of unbranched alkanes of at least 4 members (excludes halogenated alkanes) is 27. The van der Waals surface area contributed by atoms with Crippen molar-refractivity contribution in [3.8, 4) is 0 Å².